The molecule has 0 bridgehead atoms. The maximum Gasteiger partial charge on any atom is 0.116 e. The van der Waals surface area contributed by atoms with Gasteiger partial charge in [0.05, 0.1) is 27.5 Å². The highest BCUT2D eigenvalue weighted by molar-refractivity contribution is 6.19. The number of benzene rings is 2. The standard InChI is InChI=1S/C12H6N4/c1-2-8-12-10(16-6-14-8)4-3-9-11(12)7(1)13-5-15-9/h1-6H/i1D,2D,3D,4D. The first-order valence-corrected chi connectivity index (χ1v) is 4.68. The van der Waals surface area contributed by atoms with Crippen molar-refractivity contribution in [3.63, 3.8) is 0 Å². The SMILES string of the molecule is [2H]c1c([2H])c2ncnc3c([2H])c([2H])c4ncnc1c4c23. The van der Waals surface area contributed by atoms with Crippen LogP contribution < -0.4 is 0 Å². The molecule has 0 unspecified atom stereocenters. The second-order valence-corrected chi connectivity index (χ2v) is 3.39. The molecule has 0 radical (unpaired) electrons. The highest BCUT2D eigenvalue weighted by atomic mass is 14.9. The van der Waals surface area contributed by atoms with Gasteiger partial charge in [0, 0.05) is 10.8 Å². The van der Waals surface area contributed by atoms with E-state index in [2.05, 4.69) is 19.9 Å². The number of hydrogen-bond donors (Lipinski definition) is 0. The third kappa shape index (κ3) is 0.839. The van der Waals surface area contributed by atoms with Gasteiger partial charge < -0.3 is 0 Å². The van der Waals surface area contributed by atoms with Crippen molar-refractivity contribution < 1.29 is 5.48 Å². The minimum atomic E-state index is -0.0537. The van der Waals surface area contributed by atoms with E-state index in [9.17, 15) is 0 Å². The van der Waals surface area contributed by atoms with Gasteiger partial charge in [0.15, 0.2) is 0 Å². The summed E-state index contributed by atoms with van der Waals surface area (Å²) in [5.41, 5.74) is 1.17. The highest BCUT2D eigenvalue weighted by Crippen LogP contribution is 2.29. The van der Waals surface area contributed by atoms with Crippen molar-refractivity contribution in [1.29, 1.82) is 0 Å². The third-order valence-corrected chi connectivity index (χ3v) is 2.54. The zero-order chi connectivity index (χ0) is 14.0. The molecule has 0 spiro atoms. The van der Waals surface area contributed by atoms with Crippen LogP contribution in [0, 0.1) is 0 Å². The van der Waals surface area contributed by atoms with E-state index in [1.54, 1.807) is 0 Å². The molecule has 16 heavy (non-hydrogen) atoms. The summed E-state index contributed by atoms with van der Waals surface area (Å²) in [4.78, 5) is 16.2. The van der Waals surface area contributed by atoms with Gasteiger partial charge in [-0.2, -0.15) is 0 Å². The summed E-state index contributed by atoms with van der Waals surface area (Å²) < 4.78 is 32.1. The molecule has 0 aliphatic carbocycles. The second-order valence-electron chi connectivity index (χ2n) is 3.39. The molecule has 0 amide bonds. The fraction of sp³-hybridized carbons (Fsp3) is 0. The molecule has 4 nitrogen and oxygen atoms in total. The molecule has 2 aromatic carbocycles. The predicted molar refractivity (Wildman–Crippen MR) is 61.3 cm³/mol. The molecular weight excluding hydrogens is 200 g/mol. The van der Waals surface area contributed by atoms with Crippen LogP contribution in [0.2, 0.25) is 0 Å². The molecule has 0 aliphatic heterocycles. The van der Waals surface area contributed by atoms with Crippen LogP contribution in [0.3, 0.4) is 0 Å². The third-order valence-electron chi connectivity index (χ3n) is 2.54. The maximum atomic E-state index is 8.02. The molecule has 0 aliphatic rings. The van der Waals surface area contributed by atoms with E-state index in [0.29, 0.717) is 32.8 Å². The fourth-order valence-electron chi connectivity index (χ4n) is 1.86. The van der Waals surface area contributed by atoms with Crippen molar-refractivity contribution in [3.8, 4) is 0 Å². The van der Waals surface area contributed by atoms with Crippen molar-refractivity contribution in [1.82, 2.24) is 19.9 Å². The summed E-state index contributed by atoms with van der Waals surface area (Å²) >= 11 is 0. The van der Waals surface area contributed by atoms with E-state index in [4.69, 9.17) is 5.48 Å². The van der Waals surface area contributed by atoms with Gasteiger partial charge in [0.1, 0.15) is 12.7 Å². The van der Waals surface area contributed by atoms with Crippen molar-refractivity contribution in [2.75, 3.05) is 0 Å². The maximum absolute atomic E-state index is 8.02. The molecule has 4 rings (SSSR count). The van der Waals surface area contributed by atoms with Crippen LogP contribution in [-0.4, -0.2) is 19.9 Å². The van der Waals surface area contributed by atoms with Gasteiger partial charge in [-0.25, -0.2) is 19.9 Å². The second kappa shape index (κ2) is 2.61. The lowest BCUT2D eigenvalue weighted by Crippen LogP contribution is -1.91. The lowest BCUT2D eigenvalue weighted by Gasteiger charge is -2.06. The zero-order valence-electron chi connectivity index (χ0n) is 11.9. The highest BCUT2D eigenvalue weighted by Gasteiger charge is 2.09. The summed E-state index contributed by atoms with van der Waals surface area (Å²) in [7, 11) is 0. The molecule has 4 heteroatoms. The quantitative estimate of drug-likeness (QED) is 0.417. The smallest absolute Gasteiger partial charge is 0.116 e. The van der Waals surface area contributed by atoms with Crippen LogP contribution in [0.15, 0.2) is 36.8 Å². The Hall–Kier alpha value is -2.36. The number of rotatable bonds is 0. The van der Waals surface area contributed by atoms with E-state index in [0.717, 1.165) is 0 Å². The summed E-state index contributed by atoms with van der Waals surface area (Å²) in [5, 5.41) is 0.972. The summed E-state index contributed by atoms with van der Waals surface area (Å²) in [6, 6.07) is -0.215. The van der Waals surface area contributed by atoms with Crippen LogP contribution >= 0.6 is 0 Å². The molecule has 0 saturated heterocycles. The first-order chi connectivity index (χ1) is 9.61. The molecule has 2 heterocycles. The van der Waals surface area contributed by atoms with Crippen molar-refractivity contribution in [2.45, 2.75) is 0 Å². The fourth-order valence-corrected chi connectivity index (χ4v) is 1.86. The molecule has 4 aromatic rings. The zero-order valence-corrected chi connectivity index (χ0v) is 7.94. The normalized spacial score (nSPS) is 15.2. The van der Waals surface area contributed by atoms with Gasteiger partial charge in [-0.3, -0.25) is 0 Å². The average molecular weight is 210 g/mol. The Balaban J connectivity index is 2.54. The van der Waals surface area contributed by atoms with E-state index in [1.807, 2.05) is 0 Å². The number of nitrogens with zero attached hydrogens (tertiary/aromatic N) is 4. The molecule has 0 fully saturated rings. The van der Waals surface area contributed by atoms with Crippen LogP contribution in [0.4, 0.5) is 0 Å². The van der Waals surface area contributed by atoms with E-state index < -0.39 is 0 Å². The summed E-state index contributed by atoms with van der Waals surface area (Å²) in [6.07, 6.45) is 2.50. The van der Waals surface area contributed by atoms with Crippen molar-refractivity contribution in [3.05, 3.63) is 36.8 Å². The van der Waals surface area contributed by atoms with Gasteiger partial charge in [-0.15, -0.1) is 0 Å². The molecule has 0 saturated carbocycles. The Morgan fingerprint density at radius 1 is 0.625 bits per heavy atom. The van der Waals surface area contributed by atoms with Gasteiger partial charge >= 0.3 is 0 Å². The lowest BCUT2D eigenvalue weighted by molar-refractivity contribution is 1.24. The van der Waals surface area contributed by atoms with Crippen molar-refractivity contribution >= 4 is 32.8 Å². The largest absolute Gasteiger partial charge is 0.236 e. The topological polar surface area (TPSA) is 51.6 Å². The van der Waals surface area contributed by atoms with Crippen molar-refractivity contribution in [2.24, 2.45) is 0 Å². The van der Waals surface area contributed by atoms with Gasteiger partial charge in [0.2, 0.25) is 0 Å². The Morgan fingerprint density at radius 3 is 1.25 bits per heavy atom. The van der Waals surface area contributed by atoms with E-state index in [-0.39, 0.29) is 24.2 Å². The average Bonchev–Trinajstić information content (AvgIpc) is 2.48. The van der Waals surface area contributed by atoms with E-state index in [1.165, 1.54) is 12.7 Å². The summed E-state index contributed by atoms with van der Waals surface area (Å²) in [6.45, 7) is 0. The van der Waals surface area contributed by atoms with E-state index >= 15 is 0 Å². The minimum Gasteiger partial charge on any atom is -0.236 e. The lowest BCUT2D eigenvalue weighted by atomic mass is 10.1. The Labute approximate surface area is 96.0 Å². The van der Waals surface area contributed by atoms with Crippen LogP contribution in [0.5, 0.6) is 0 Å². The molecule has 2 aromatic heterocycles. The number of hydrogen-bond acceptors (Lipinski definition) is 4. The Morgan fingerprint density at radius 2 is 0.938 bits per heavy atom. The minimum absolute atomic E-state index is 0.0537. The van der Waals surface area contributed by atoms with Gasteiger partial charge in [-0.05, 0) is 24.2 Å². The van der Waals surface area contributed by atoms with Crippen LogP contribution in [-0.2, 0) is 0 Å². The molecule has 74 valence electrons. The first kappa shape index (κ1) is 5.12. The first-order valence-electron chi connectivity index (χ1n) is 6.68. The number of aromatic nitrogens is 4. The van der Waals surface area contributed by atoms with Crippen LogP contribution in [0.1, 0.15) is 5.48 Å². The molecule has 0 N–H and O–H groups in total. The van der Waals surface area contributed by atoms with Gasteiger partial charge in [-0.1, -0.05) is 0 Å². The Kier molecular flexibility index (Phi) is 0.833. The molecule has 0 atom stereocenters. The van der Waals surface area contributed by atoms with Crippen LogP contribution in [0.25, 0.3) is 32.8 Å². The summed E-state index contributed by atoms with van der Waals surface area (Å²) in [5.74, 6) is 0. The predicted octanol–water partition coefficient (Wildman–Crippen LogP) is 2.16. The monoisotopic (exact) mass is 210 g/mol. The molecular formula is C12H6N4. The Bertz CT molecular complexity index is 848. The van der Waals surface area contributed by atoms with Gasteiger partial charge in [0.25, 0.3) is 0 Å².